The van der Waals surface area contributed by atoms with E-state index in [9.17, 15) is 9.90 Å². The second kappa shape index (κ2) is 11.6. The van der Waals surface area contributed by atoms with Crippen LogP contribution in [0.2, 0.25) is 0 Å². The molecule has 0 bridgehead atoms. The summed E-state index contributed by atoms with van der Waals surface area (Å²) in [7, 11) is 0. The van der Waals surface area contributed by atoms with E-state index in [1.165, 1.54) is 0 Å². The standard InChI is InChI=1S/C23H46O5/c1-11-14-18(25)16-26-23(9,10)17(4)27-20(15-24)22(7,8)19(12-2)28-21(5,6)13-3/h17,19-20,24H,11-16H2,1-10H3/t17?,19-,20?/m1/s1. The zero-order valence-electron chi connectivity index (χ0n) is 20.1. The minimum Gasteiger partial charge on any atom is -0.394 e. The minimum atomic E-state index is -0.641. The van der Waals surface area contributed by atoms with Crippen molar-refractivity contribution < 1.29 is 24.1 Å². The van der Waals surface area contributed by atoms with E-state index in [1.54, 1.807) is 0 Å². The first-order chi connectivity index (χ1) is 12.8. The fraction of sp³-hybridized carbons (Fsp3) is 0.957. The number of rotatable bonds is 15. The van der Waals surface area contributed by atoms with Gasteiger partial charge in [0.15, 0.2) is 5.78 Å². The molecule has 28 heavy (non-hydrogen) atoms. The van der Waals surface area contributed by atoms with E-state index < -0.39 is 17.1 Å². The van der Waals surface area contributed by atoms with Crippen LogP contribution in [0.3, 0.4) is 0 Å². The van der Waals surface area contributed by atoms with E-state index in [0.717, 1.165) is 19.3 Å². The Morgan fingerprint density at radius 1 is 1.00 bits per heavy atom. The number of carbonyl (C=O) groups excluding carboxylic acids is 1. The van der Waals surface area contributed by atoms with E-state index in [2.05, 4.69) is 41.5 Å². The highest BCUT2D eigenvalue weighted by Crippen LogP contribution is 2.36. The Kier molecular flexibility index (Phi) is 11.4. The van der Waals surface area contributed by atoms with Crippen LogP contribution in [0.4, 0.5) is 0 Å². The van der Waals surface area contributed by atoms with Crippen LogP contribution < -0.4 is 0 Å². The number of hydrogen-bond acceptors (Lipinski definition) is 5. The zero-order chi connectivity index (χ0) is 22.2. The molecule has 0 fully saturated rings. The summed E-state index contributed by atoms with van der Waals surface area (Å²) in [4.78, 5) is 11.8. The van der Waals surface area contributed by atoms with Gasteiger partial charge in [0, 0.05) is 11.8 Å². The molecule has 0 saturated heterocycles. The van der Waals surface area contributed by atoms with Gasteiger partial charge in [-0.1, -0.05) is 34.6 Å². The Bertz CT molecular complexity index is 456. The number of aliphatic hydroxyl groups is 1. The normalized spacial score (nSPS) is 16.7. The molecule has 2 unspecified atom stereocenters. The number of ketones is 1. The summed E-state index contributed by atoms with van der Waals surface area (Å²) in [6, 6.07) is 0. The van der Waals surface area contributed by atoms with E-state index in [0.29, 0.717) is 6.42 Å². The largest absolute Gasteiger partial charge is 0.394 e. The van der Waals surface area contributed by atoms with Crippen LogP contribution in [-0.4, -0.2) is 53.6 Å². The maximum Gasteiger partial charge on any atom is 0.158 e. The molecule has 5 heteroatoms. The van der Waals surface area contributed by atoms with Gasteiger partial charge in [0.25, 0.3) is 0 Å². The van der Waals surface area contributed by atoms with Crippen LogP contribution >= 0.6 is 0 Å². The number of aliphatic hydroxyl groups excluding tert-OH is 1. The van der Waals surface area contributed by atoms with Crippen LogP contribution in [-0.2, 0) is 19.0 Å². The van der Waals surface area contributed by atoms with Crippen LogP contribution in [0.1, 0.15) is 94.9 Å². The van der Waals surface area contributed by atoms with Crippen LogP contribution in [0, 0.1) is 5.41 Å². The lowest BCUT2D eigenvalue weighted by Crippen LogP contribution is -2.51. The first-order valence-electron chi connectivity index (χ1n) is 10.9. The summed E-state index contributed by atoms with van der Waals surface area (Å²) < 4.78 is 18.5. The Morgan fingerprint density at radius 3 is 2.00 bits per heavy atom. The smallest absolute Gasteiger partial charge is 0.158 e. The second-order valence-electron chi connectivity index (χ2n) is 9.58. The molecule has 0 aliphatic heterocycles. The molecule has 0 heterocycles. The van der Waals surface area contributed by atoms with Gasteiger partial charge < -0.3 is 19.3 Å². The molecule has 168 valence electrons. The van der Waals surface area contributed by atoms with Crippen LogP contribution in [0.25, 0.3) is 0 Å². The fourth-order valence-corrected chi connectivity index (χ4v) is 3.04. The monoisotopic (exact) mass is 402 g/mol. The third-order valence-electron chi connectivity index (χ3n) is 5.99. The summed E-state index contributed by atoms with van der Waals surface area (Å²) in [5.41, 5.74) is -1.26. The first-order valence-corrected chi connectivity index (χ1v) is 10.9. The van der Waals surface area contributed by atoms with Gasteiger partial charge >= 0.3 is 0 Å². The Morgan fingerprint density at radius 2 is 1.57 bits per heavy atom. The quantitative estimate of drug-likeness (QED) is 0.421. The van der Waals surface area contributed by atoms with E-state index in [1.807, 2.05) is 27.7 Å². The topological polar surface area (TPSA) is 65.0 Å². The van der Waals surface area contributed by atoms with Crippen LogP contribution in [0.5, 0.6) is 0 Å². The summed E-state index contributed by atoms with van der Waals surface area (Å²) >= 11 is 0. The predicted molar refractivity (Wildman–Crippen MR) is 115 cm³/mol. The molecule has 0 aliphatic rings. The highest BCUT2D eigenvalue weighted by atomic mass is 16.6. The summed E-state index contributed by atoms with van der Waals surface area (Å²) in [5.74, 6) is 0.100. The third-order valence-corrected chi connectivity index (χ3v) is 5.99. The van der Waals surface area contributed by atoms with Crippen molar-refractivity contribution in [2.24, 2.45) is 5.41 Å². The zero-order valence-corrected chi connectivity index (χ0v) is 20.1. The second-order valence-corrected chi connectivity index (χ2v) is 9.58. The average molecular weight is 403 g/mol. The van der Waals surface area contributed by atoms with Crippen molar-refractivity contribution in [3.05, 3.63) is 0 Å². The molecule has 5 nitrogen and oxygen atoms in total. The Hall–Kier alpha value is -0.490. The van der Waals surface area contributed by atoms with Gasteiger partial charge in [0.1, 0.15) is 6.61 Å². The van der Waals surface area contributed by atoms with Crippen molar-refractivity contribution in [2.45, 2.75) is 124 Å². The van der Waals surface area contributed by atoms with Gasteiger partial charge in [0.2, 0.25) is 0 Å². The van der Waals surface area contributed by atoms with Crippen molar-refractivity contribution in [2.75, 3.05) is 13.2 Å². The average Bonchev–Trinajstić information content (AvgIpc) is 2.62. The summed E-state index contributed by atoms with van der Waals surface area (Å²) in [5, 5.41) is 10.1. The highest BCUT2D eigenvalue weighted by Gasteiger charge is 2.42. The maximum absolute atomic E-state index is 11.8. The Balaban J connectivity index is 5.18. The van der Waals surface area contributed by atoms with Gasteiger partial charge in [-0.25, -0.2) is 0 Å². The van der Waals surface area contributed by atoms with Crippen molar-refractivity contribution in [1.82, 2.24) is 0 Å². The molecular weight excluding hydrogens is 356 g/mol. The van der Waals surface area contributed by atoms with Gasteiger partial charge in [-0.3, -0.25) is 4.79 Å². The molecule has 0 saturated carbocycles. The molecule has 3 atom stereocenters. The molecule has 0 aromatic heterocycles. The molecule has 1 N–H and O–H groups in total. The molecule has 0 amide bonds. The fourth-order valence-electron chi connectivity index (χ4n) is 3.04. The van der Waals surface area contributed by atoms with E-state index in [-0.39, 0.29) is 36.8 Å². The van der Waals surface area contributed by atoms with Crippen molar-refractivity contribution in [3.63, 3.8) is 0 Å². The summed E-state index contributed by atoms with van der Waals surface area (Å²) in [6.07, 6.45) is 2.33. The molecule has 0 spiro atoms. The van der Waals surface area contributed by atoms with Crippen LogP contribution in [0.15, 0.2) is 0 Å². The summed E-state index contributed by atoms with van der Waals surface area (Å²) in [6.45, 7) is 20.3. The minimum absolute atomic E-state index is 0.0537. The lowest BCUT2D eigenvalue weighted by molar-refractivity contribution is -0.206. The van der Waals surface area contributed by atoms with Gasteiger partial charge in [-0.15, -0.1) is 0 Å². The first kappa shape index (κ1) is 27.5. The van der Waals surface area contributed by atoms with Crippen molar-refractivity contribution in [3.8, 4) is 0 Å². The number of Topliss-reactive ketones (excluding diaryl/α,β-unsaturated/α-hetero) is 1. The lowest BCUT2D eigenvalue weighted by Gasteiger charge is -2.45. The van der Waals surface area contributed by atoms with Gasteiger partial charge in [-0.2, -0.15) is 0 Å². The van der Waals surface area contributed by atoms with E-state index >= 15 is 0 Å². The van der Waals surface area contributed by atoms with Gasteiger partial charge in [0.05, 0.1) is 36.1 Å². The molecule has 0 aromatic rings. The van der Waals surface area contributed by atoms with Gasteiger partial charge in [-0.05, 0) is 53.9 Å². The molecular formula is C23H46O5. The SMILES string of the molecule is CCCC(=O)COC(C)(C)C(C)OC(CO)C(C)(C)[C@@H](CC)OC(C)(C)CC. The van der Waals surface area contributed by atoms with Crippen molar-refractivity contribution in [1.29, 1.82) is 0 Å². The maximum atomic E-state index is 11.8. The number of hydrogen-bond donors (Lipinski definition) is 1. The lowest BCUT2D eigenvalue weighted by atomic mass is 9.78. The highest BCUT2D eigenvalue weighted by molar-refractivity contribution is 5.79. The molecule has 0 aliphatic carbocycles. The van der Waals surface area contributed by atoms with E-state index in [4.69, 9.17) is 14.2 Å². The Labute approximate surface area is 173 Å². The van der Waals surface area contributed by atoms with Crippen molar-refractivity contribution >= 4 is 5.78 Å². The third kappa shape index (κ3) is 8.48. The predicted octanol–water partition coefficient (Wildman–Crippen LogP) is 4.93. The molecule has 0 radical (unpaired) electrons. The number of carbonyl (C=O) groups is 1. The molecule has 0 rings (SSSR count). The number of ether oxygens (including phenoxy) is 3. The molecule has 0 aromatic carbocycles.